The molecule has 0 radical (unpaired) electrons. The highest BCUT2D eigenvalue weighted by atomic mass is 79.9. The molecule has 0 aliphatic carbocycles. The van der Waals surface area contributed by atoms with Crippen molar-refractivity contribution in [1.82, 2.24) is 15.6 Å². The van der Waals surface area contributed by atoms with E-state index >= 15 is 0 Å². The molecule has 0 unspecified atom stereocenters. The maximum absolute atomic E-state index is 12.9. The lowest BCUT2D eigenvalue weighted by Crippen LogP contribution is -2.47. The van der Waals surface area contributed by atoms with Gasteiger partial charge in [-0.3, -0.25) is 14.5 Å². The number of amides is 2. The summed E-state index contributed by atoms with van der Waals surface area (Å²) in [4.78, 5) is 27.3. The number of carbonyl (C=O) groups excluding carboxylic acids is 2. The molecule has 3 rings (SSSR count). The molecule has 0 aromatic heterocycles. The highest BCUT2D eigenvalue weighted by molar-refractivity contribution is 9.10. The van der Waals surface area contributed by atoms with Crippen LogP contribution in [-0.4, -0.2) is 48.6 Å². The van der Waals surface area contributed by atoms with Gasteiger partial charge in [0.2, 0.25) is 0 Å². The van der Waals surface area contributed by atoms with Gasteiger partial charge in [0.25, 0.3) is 11.8 Å². The number of likely N-dealkylation sites (tertiary alicyclic amines) is 1. The van der Waals surface area contributed by atoms with Gasteiger partial charge in [-0.1, -0.05) is 52.7 Å². The number of nitrogens with zero attached hydrogens (tertiary/aromatic N) is 2. The molecule has 7 heteroatoms. The van der Waals surface area contributed by atoms with Crippen LogP contribution in [0.3, 0.4) is 0 Å². The summed E-state index contributed by atoms with van der Waals surface area (Å²) < 4.78 is 1.00. The highest BCUT2D eigenvalue weighted by Gasteiger charge is 2.26. The second kappa shape index (κ2) is 13.1. The number of nitrogens with one attached hydrogen (secondary N) is 2. The Labute approximate surface area is 198 Å². The zero-order chi connectivity index (χ0) is 22.6. The second-order valence-corrected chi connectivity index (χ2v) is 8.93. The van der Waals surface area contributed by atoms with Crippen LogP contribution in [-0.2, 0) is 4.79 Å². The van der Waals surface area contributed by atoms with Crippen molar-refractivity contribution < 1.29 is 9.59 Å². The minimum Gasteiger partial charge on any atom is -0.352 e. The highest BCUT2D eigenvalue weighted by Crippen LogP contribution is 2.17. The molecule has 0 spiro atoms. The van der Waals surface area contributed by atoms with Gasteiger partial charge in [0.15, 0.2) is 0 Å². The van der Waals surface area contributed by atoms with Crippen LogP contribution in [0.15, 0.2) is 64.2 Å². The van der Waals surface area contributed by atoms with Crippen LogP contribution in [0.4, 0.5) is 0 Å². The summed E-state index contributed by atoms with van der Waals surface area (Å²) in [5.74, 6) is -0.119. The fourth-order valence-electron chi connectivity index (χ4n) is 3.86. The van der Waals surface area contributed by atoms with E-state index in [4.69, 9.17) is 0 Å². The van der Waals surface area contributed by atoms with Crippen LogP contribution in [0.2, 0.25) is 0 Å². The number of hydrogen-bond acceptors (Lipinski definition) is 4. The first-order chi connectivity index (χ1) is 15.6. The molecule has 2 amide bonds. The summed E-state index contributed by atoms with van der Waals surface area (Å²) >= 11 is 3.41. The van der Waals surface area contributed by atoms with E-state index in [9.17, 15) is 9.59 Å². The molecule has 1 heterocycles. The van der Waals surface area contributed by atoms with Gasteiger partial charge in [-0.2, -0.15) is 5.10 Å². The van der Waals surface area contributed by atoms with Crippen LogP contribution in [0, 0.1) is 0 Å². The number of rotatable bonds is 10. The summed E-state index contributed by atoms with van der Waals surface area (Å²) in [6.07, 6.45) is 7.58. The molecule has 6 nitrogen and oxygen atoms in total. The van der Waals surface area contributed by atoms with Crippen molar-refractivity contribution in [2.24, 2.45) is 5.10 Å². The lowest BCUT2D eigenvalue weighted by molar-refractivity contribution is -0.127. The third-order valence-corrected chi connectivity index (χ3v) is 6.15. The molecule has 1 fully saturated rings. The Balaban J connectivity index is 1.47. The van der Waals surface area contributed by atoms with Crippen LogP contribution < -0.4 is 10.7 Å². The smallest absolute Gasteiger partial charge is 0.257 e. The maximum Gasteiger partial charge on any atom is 0.257 e. The summed E-state index contributed by atoms with van der Waals surface area (Å²) in [6, 6.07) is 16.8. The van der Waals surface area contributed by atoms with E-state index in [1.54, 1.807) is 18.3 Å². The van der Waals surface area contributed by atoms with Crippen molar-refractivity contribution in [3.05, 3.63) is 70.2 Å². The van der Waals surface area contributed by atoms with Crippen molar-refractivity contribution in [3.63, 3.8) is 0 Å². The van der Waals surface area contributed by atoms with Crippen LogP contribution >= 0.6 is 15.9 Å². The average molecular weight is 499 g/mol. The van der Waals surface area contributed by atoms with E-state index < -0.39 is 0 Å². The first kappa shape index (κ1) is 24.1. The molecule has 2 N–H and O–H groups in total. The molecule has 2 aromatic rings. The van der Waals surface area contributed by atoms with Crippen LogP contribution in [0.25, 0.3) is 0 Å². The second-order valence-electron chi connectivity index (χ2n) is 8.02. The first-order valence-corrected chi connectivity index (χ1v) is 12.1. The molecule has 1 atom stereocenters. The quantitative estimate of drug-likeness (QED) is 0.290. The average Bonchev–Trinajstić information content (AvgIpc) is 2.83. The number of hydrogen-bond donors (Lipinski definition) is 2. The summed E-state index contributed by atoms with van der Waals surface area (Å²) in [7, 11) is 0. The predicted octanol–water partition coefficient (Wildman–Crippen LogP) is 4.35. The molecule has 0 saturated carbocycles. The molecule has 1 aliphatic rings. The molecular formula is C25H31BrN4O2. The van der Waals surface area contributed by atoms with Gasteiger partial charge in [0.1, 0.15) is 0 Å². The Kier molecular flexibility index (Phi) is 9.91. The Morgan fingerprint density at radius 3 is 2.44 bits per heavy atom. The molecule has 1 saturated heterocycles. The van der Waals surface area contributed by atoms with Crippen molar-refractivity contribution >= 4 is 34.0 Å². The Bertz CT molecular complexity index is 881. The topological polar surface area (TPSA) is 73.8 Å². The maximum atomic E-state index is 12.9. The fourth-order valence-corrected chi connectivity index (χ4v) is 4.12. The zero-order valence-corrected chi connectivity index (χ0v) is 19.9. The standard InChI is InChI=1S/C25H31BrN4O2/c26-22-14-12-20(13-15-22)19-28-29-25(32)23(30-17-7-2-8-18-30)11-5-6-16-27-24(31)21-9-3-1-4-10-21/h1,3-4,9-10,12-15,19,23H,2,5-8,11,16-18H2,(H,27,31)(H,29,32)/b28-19+/t23-/m1/s1. The fraction of sp³-hybridized carbons (Fsp3) is 0.400. The third kappa shape index (κ3) is 7.88. The number of piperidine rings is 1. The van der Waals surface area contributed by atoms with E-state index in [-0.39, 0.29) is 17.9 Å². The number of benzene rings is 2. The van der Waals surface area contributed by atoms with E-state index in [0.29, 0.717) is 12.1 Å². The largest absolute Gasteiger partial charge is 0.352 e. The van der Waals surface area contributed by atoms with Crippen LogP contribution in [0.5, 0.6) is 0 Å². The van der Waals surface area contributed by atoms with Crippen LogP contribution in [0.1, 0.15) is 54.4 Å². The van der Waals surface area contributed by atoms with Gasteiger partial charge < -0.3 is 5.32 Å². The SMILES string of the molecule is O=C(NCCCC[C@H](C(=O)N/N=C/c1ccc(Br)cc1)N1CCCCC1)c1ccccc1. The lowest BCUT2D eigenvalue weighted by Gasteiger charge is -2.33. The molecule has 32 heavy (non-hydrogen) atoms. The Morgan fingerprint density at radius 1 is 1.00 bits per heavy atom. The molecular weight excluding hydrogens is 468 g/mol. The van der Waals surface area contributed by atoms with Gasteiger partial charge in [-0.15, -0.1) is 0 Å². The van der Waals surface area contributed by atoms with Crippen molar-refractivity contribution in [2.75, 3.05) is 19.6 Å². The third-order valence-electron chi connectivity index (χ3n) is 5.62. The minimum atomic E-state index is -0.192. The molecule has 1 aliphatic heterocycles. The number of carbonyl (C=O) groups is 2. The van der Waals surface area contributed by atoms with Gasteiger partial charge in [-0.25, -0.2) is 5.43 Å². The monoisotopic (exact) mass is 498 g/mol. The molecule has 2 aromatic carbocycles. The number of hydrazone groups is 1. The zero-order valence-electron chi connectivity index (χ0n) is 18.3. The summed E-state index contributed by atoms with van der Waals surface area (Å²) in [5.41, 5.74) is 4.33. The predicted molar refractivity (Wildman–Crippen MR) is 132 cm³/mol. The van der Waals surface area contributed by atoms with E-state index in [2.05, 4.69) is 36.7 Å². The van der Waals surface area contributed by atoms with Gasteiger partial charge >= 0.3 is 0 Å². The number of unbranched alkanes of at least 4 members (excludes halogenated alkanes) is 1. The van der Waals surface area contributed by atoms with Crippen molar-refractivity contribution in [3.8, 4) is 0 Å². The van der Waals surface area contributed by atoms with Crippen molar-refractivity contribution in [2.45, 2.75) is 44.6 Å². The number of halogens is 1. The summed E-state index contributed by atoms with van der Waals surface area (Å²) in [6.45, 7) is 2.49. The van der Waals surface area contributed by atoms with Gasteiger partial charge in [-0.05, 0) is 75.0 Å². The first-order valence-electron chi connectivity index (χ1n) is 11.3. The minimum absolute atomic E-state index is 0.0572. The van der Waals surface area contributed by atoms with Crippen molar-refractivity contribution in [1.29, 1.82) is 0 Å². The van der Waals surface area contributed by atoms with E-state index in [0.717, 1.165) is 55.2 Å². The molecule has 170 valence electrons. The summed E-state index contributed by atoms with van der Waals surface area (Å²) in [5, 5.41) is 7.12. The normalized spacial score (nSPS) is 15.4. The van der Waals surface area contributed by atoms with E-state index in [1.165, 1.54) is 6.42 Å². The van der Waals surface area contributed by atoms with Gasteiger partial charge in [0, 0.05) is 16.6 Å². The molecule has 0 bridgehead atoms. The van der Waals surface area contributed by atoms with Gasteiger partial charge in [0.05, 0.1) is 12.3 Å². The lowest BCUT2D eigenvalue weighted by atomic mass is 10.0. The Hall–Kier alpha value is -2.51. The van der Waals surface area contributed by atoms with E-state index in [1.807, 2.05) is 42.5 Å². The Morgan fingerprint density at radius 2 is 1.72 bits per heavy atom.